The van der Waals surface area contributed by atoms with E-state index in [9.17, 15) is 4.79 Å². The van der Waals surface area contributed by atoms with E-state index in [4.69, 9.17) is 23.8 Å². The van der Waals surface area contributed by atoms with Crippen molar-refractivity contribution in [1.29, 1.82) is 0 Å². The number of pyridine rings is 1. The molecule has 1 heterocycles. The van der Waals surface area contributed by atoms with Crippen molar-refractivity contribution < 1.29 is 4.79 Å². The number of benzene rings is 2. The number of anilines is 1. The minimum atomic E-state index is -0.342. The average molecular weight is 508 g/mol. The van der Waals surface area contributed by atoms with Gasteiger partial charge in [0.2, 0.25) is 0 Å². The molecule has 2 aromatic carbocycles. The minimum Gasteiger partial charge on any atom is -0.332 e. The van der Waals surface area contributed by atoms with Gasteiger partial charge in [0.15, 0.2) is 5.11 Å². The fourth-order valence-corrected chi connectivity index (χ4v) is 3.35. The largest absolute Gasteiger partial charge is 0.332 e. The van der Waals surface area contributed by atoms with Gasteiger partial charge in [0.1, 0.15) is 0 Å². The lowest BCUT2D eigenvalue weighted by Crippen LogP contribution is -2.34. The number of hydrogen-bond acceptors (Lipinski definition) is 3. The van der Waals surface area contributed by atoms with Crippen molar-refractivity contribution in [2.75, 3.05) is 5.32 Å². The second kappa shape index (κ2) is 9.25. The van der Waals surface area contributed by atoms with E-state index < -0.39 is 0 Å². The van der Waals surface area contributed by atoms with Gasteiger partial charge in [0, 0.05) is 21.7 Å². The van der Waals surface area contributed by atoms with Crippen LogP contribution in [0.2, 0.25) is 5.02 Å². The van der Waals surface area contributed by atoms with Gasteiger partial charge in [-0.2, -0.15) is 0 Å². The summed E-state index contributed by atoms with van der Waals surface area (Å²) in [6.45, 7) is 0. The number of rotatable bonds is 4. The Morgan fingerprint density at radius 3 is 2.41 bits per heavy atom. The predicted octanol–water partition coefficient (Wildman–Crippen LogP) is 5.06. The van der Waals surface area contributed by atoms with Crippen LogP contribution in [-0.2, 0) is 6.42 Å². The highest BCUT2D eigenvalue weighted by Crippen LogP contribution is 2.19. The van der Waals surface area contributed by atoms with E-state index in [1.807, 2.05) is 42.5 Å². The molecule has 0 aliphatic heterocycles. The van der Waals surface area contributed by atoms with Crippen LogP contribution >= 0.6 is 46.4 Å². The first-order valence-corrected chi connectivity index (χ1v) is 9.93. The summed E-state index contributed by atoms with van der Waals surface area (Å²) in [5.41, 5.74) is 3.56. The van der Waals surface area contributed by atoms with Gasteiger partial charge in [-0.05, 0) is 94.8 Å². The van der Waals surface area contributed by atoms with E-state index in [1.54, 1.807) is 24.5 Å². The molecule has 0 spiro atoms. The van der Waals surface area contributed by atoms with Crippen molar-refractivity contribution in [3.63, 3.8) is 0 Å². The minimum absolute atomic E-state index is 0.219. The lowest BCUT2D eigenvalue weighted by Gasteiger charge is -2.11. The molecule has 136 valence electrons. The molecule has 0 bridgehead atoms. The van der Waals surface area contributed by atoms with Gasteiger partial charge in [0.05, 0.1) is 10.6 Å². The van der Waals surface area contributed by atoms with E-state index in [2.05, 4.69) is 38.2 Å². The number of carbonyl (C=O) groups is 1. The summed E-state index contributed by atoms with van der Waals surface area (Å²) in [5, 5.41) is 6.27. The molecule has 0 unspecified atom stereocenters. The third-order valence-electron chi connectivity index (χ3n) is 3.77. The van der Waals surface area contributed by atoms with Crippen molar-refractivity contribution in [3.8, 4) is 0 Å². The summed E-state index contributed by atoms with van der Waals surface area (Å²) < 4.78 is 0.922. The first kappa shape index (κ1) is 19.7. The van der Waals surface area contributed by atoms with Crippen LogP contribution < -0.4 is 10.6 Å². The topological polar surface area (TPSA) is 54.0 Å². The maximum absolute atomic E-state index is 12.3. The SMILES string of the molecule is O=C(NC(=S)Nc1ccc(Cc2ccncc2)cc1)c1cc(I)ccc1Cl. The van der Waals surface area contributed by atoms with Crippen LogP contribution in [0.25, 0.3) is 0 Å². The Morgan fingerprint density at radius 1 is 1.04 bits per heavy atom. The molecular formula is C20H15ClIN3OS. The quantitative estimate of drug-likeness (QED) is 0.383. The molecule has 0 atom stereocenters. The van der Waals surface area contributed by atoms with E-state index in [0.717, 1.165) is 15.7 Å². The second-order valence-corrected chi connectivity index (χ2v) is 7.82. The first-order chi connectivity index (χ1) is 13.0. The van der Waals surface area contributed by atoms with Gasteiger partial charge >= 0.3 is 0 Å². The van der Waals surface area contributed by atoms with Crippen molar-refractivity contribution in [1.82, 2.24) is 10.3 Å². The van der Waals surface area contributed by atoms with Crippen molar-refractivity contribution in [2.45, 2.75) is 6.42 Å². The Kier molecular flexibility index (Phi) is 6.76. The van der Waals surface area contributed by atoms with E-state index in [-0.39, 0.29) is 11.0 Å². The molecule has 0 fully saturated rings. The lowest BCUT2D eigenvalue weighted by molar-refractivity contribution is 0.0978. The maximum atomic E-state index is 12.3. The standard InChI is InChI=1S/C20H15ClIN3OS/c21-18-6-3-15(22)12-17(18)19(26)25-20(27)24-16-4-1-13(2-5-16)11-14-7-9-23-10-8-14/h1-10,12H,11H2,(H2,24,25,26,27). The molecule has 0 radical (unpaired) electrons. The number of aromatic nitrogens is 1. The molecule has 3 aromatic rings. The number of thiocarbonyl (C=S) groups is 1. The lowest BCUT2D eigenvalue weighted by atomic mass is 10.1. The average Bonchev–Trinajstić information content (AvgIpc) is 2.66. The summed E-state index contributed by atoms with van der Waals surface area (Å²) in [7, 11) is 0. The third kappa shape index (κ3) is 5.72. The Hall–Kier alpha value is -2.03. The van der Waals surface area contributed by atoms with Crippen LogP contribution in [-0.4, -0.2) is 16.0 Å². The fourth-order valence-electron chi connectivity index (χ4n) is 2.45. The molecule has 4 nitrogen and oxygen atoms in total. The molecule has 3 rings (SSSR count). The summed E-state index contributed by atoms with van der Waals surface area (Å²) >= 11 is 13.4. The fraction of sp³-hybridized carbons (Fsp3) is 0.0500. The van der Waals surface area contributed by atoms with Gasteiger partial charge in [-0.25, -0.2) is 0 Å². The summed E-state index contributed by atoms with van der Waals surface area (Å²) in [5.74, 6) is -0.342. The Balaban J connectivity index is 1.59. The zero-order chi connectivity index (χ0) is 19.2. The first-order valence-electron chi connectivity index (χ1n) is 8.06. The zero-order valence-corrected chi connectivity index (χ0v) is 17.8. The zero-order valence-electron chi connectivity index (χ0n) is 14.1. The van der Waals surface area contributed by atoms with Crippen LogP contribution in [0, 0.1) is 3.57 Å². The van der Waals surface area contributed by atoms with E-state index in [1.165, 1.54) is 11.1 Å². The Bertz CT molecular complexity index is 965. The predicted molar refractivity (Wildman–Crippen MR) is 121 cm³/mol. The number of carbonyl (C=O) groups excluding carboxylic acids is 1. The van der Waals surface area contributed by atoms with Crippen molar-refractivity contribution in [2.24, 2.45) is 0 Å². The normalized spacial score (nSPS) is 10.3. The van der Waals surface area contributed by atoms with Crippen LogP contribution in [0.3, 0.4) is 0 Å². The Labute approximate surface area is 181 Å². The van der Waals surface area contributed by atoms with Gasteiger partial charge in [-0.15, -0.1) is 0 Å². The molecule has 7 heteroatoms. The highest BCUT2D eigenvalue weighted by Gasteiger charge is 2.12. The van der Waals surface area contributed by atoms with Crippen molar-refractivity contribution >= 4 is 63.1 Å². The van der Waals surface area contributed by atoms with E-state index in [0.29, 0.717) is 10.6 Å². The third-order valence-corrected chi connectivity index (χ3v) is 4.97. The molecule has 27 heavy (non-hydrogen) atoms. The van der Waals surface area contributed by atoms with Gasteiger partial charge in [-0.3, -0.25) is 15.1 Å². The monoisotopic (exact) mass is 507 g/mol. The van der Waals surface area contributed by atoms with Crippen LogP contribution in [0.4, 0.5) is 5.69 Å². The number of nitrogens with zero attached hydrogens (tertiary/aromatic N) is 1. The highest BCUT2D eigenvalue weighted by atomic mass is 127. The number of nitrogens with one attached hydrogen (secondary N) is 2. The van der Waals surface area contributed by atoms with E-state index >= 15 is 0 Å². The summed E-state index contributed by atoms with van der Waals surface area (Å²) in [6.07, 6.45) is 4.40. The van der Waals surface area contributed by atoms with Gasteiger partial charge in [0.25, 0.3) is 5.91 Å². The molecular weight excluding hydrogens is 493 g/mol. The smallest absolute Gasteiger partial charge is 0.258 e. The van der Waals surface area contributed by atoms with Crippen molar-refractivity contribution in [3.05, 3.63) is 92.3 Å². The van der Waals surface area contributed by atoms with Crippen LogP contribution in [0.1, 0.15) is 21.5 Å². The number of amides is 1. The second-order valence-electron chi connectivity index (χ2n) is 5.76. The summed E-state index contributed by atoms with van der Waals surface area (Å²) in [6, 6.07) is 17.1. The molecule has 2 N–H and O–H groups in total. The van der Waals surface area contributed by atoms with Gasteiger partial charge in [-0.1, -0.05) is 23.7 Å². The molecule has 0 saturated heterocycles. The van der Waals surface area contributed by atoms with Crippen LogP contribution in [0.5, 0.6) is 0 Å². The molecule has 1 aromatic heterocycles. The van der Waals surface area contributed by atoms with Crippen LogP contribution in [0.15, 0.2) is 67.0 Å². The van der Waals surface area contributed by atoms with Gasteiger partial charge < -0.3 is 5.32 Å². The Morgan fingerprint density at radius 2 is 1.70 bits per heavy atom. The maximum Gasteiger partial charge on any atom is 0.258 e. The highest BCUT2D eigenvalue weighted by molar-refractivity contribution is 14.1. The molecule has 0 saturated carbocycles. The summed E-state index contributed by atoms with van der Waals surface area (Å²) in [4.78, 5) is 16.4. The molecule has 1 amide bonds. The molecule has 0 aliphatic rings. The number of hydrogen-bond donors (Lipinski definition) is 2. The molecule has 0 aliphatic carbocycles. The number of halogens is 2.